The number of thioether (sulfide) groups is 2. The van der Waals surface area contributed by atoms with Gasteiger partial charge in [-0.1, -0.05) is 20.8 Å². The monoisotopic (exact) mass is 334 g/mol. The second-order valence-corrected chi connectivity index (χ2v) is 15.7. The van der Waals surface area contributed by atoms with Crippen LogP contribution in [0.2, 0.25) is 18.1 Å². The maximum Gasteiger partial charge on any atom is 0.192 e. The van der Waals surface area contributed by atoms with Gasteiger partial charge in [-0.05, 0) is 55.3 Å². The smallest absolute Gasteiger partial charge is 0.192 e. The Morgan fingerprint density at radius 1 is 1.15 bits per heavy atom. The minimum absolute atomic E-state index is 0.184. The van der Waals surface area contributed by atoms with Crippen LogP contribution >= 0.6 is 23.5 Å². The van der Waals surface area contributed by atoms with Crippen LogP contribution in [0.15, 0.2) is 0 Å². The van der Waals surface area contributed by atoms with Crippen LogP contribution in [0.3, 0.4) is 0 Å². The summed E-state index contributed by atoms with van der Waals surface area (Å²) in [6, 6.07) is 0. The number of hydrogen-bond donors (Lipinski definition) is 1. The number of aliphatic hydroxyl groups excluding tert-OH is 1. The highest BCUT2D eigenvalue weighted by Crippen LogP contribution is 2.52. The first-order valence-electron chi connectivity index (χ1n) is 7.77. The molecule has 1 spiro atoms. The molecule has 0 aromatic heterocycles. The van der Waals surface area contributed by atoms with E-state index in [1.807, 2.05) is 0 Å². The fourth-order valence-electron chi connectivity index (χ4n) is 2.80. The van der Waals surface area contributed by atoms with Gasteiger partial charge < -0.3 is 9.53 Å². The molecular weight excluding hydrogens is 304 g/mol. The highest BCUT2D eigenvalue weighted by molar-refractivity contribution is 8.18. The molecule has 2 rings (SSSR count). The van der Waals surface area contributed by atoms with E-state index in [2.05, 4.69) is 57.4 Å². The van der Waals surface area contributed by atoms with Gasteiger partial charge in [0, 0.05) is 6.10 Å². The molecule has 0 unspecified atom stereocenters. The number of aliphatic hydroxyl groups is 1. The highest BCUT2D eigenvalue weighted by Gasteiger charge is 2.46. The molecule has 1 N–H and O–H groups in total. The standard InChI is InChI=1S/C15H30O2S2Si/c1-14(2,3)20(4,5)17-13-9-12(16)10-15(11-13)18-7-6-8-19-15/h12-13,16H,6-11H2,1-5H3/t12-,13-/m1/s1. The van der Waals surface area contributed by atoms with Gasteiger partial charge in [0.1, 0.15) is 0 Å². The topological polar surface area (TPSA) is 29.5 Å². The lowest BCUT2D eigenvalue weighted by Gasteiger charge is -2.47. The predicted molar refractivity (Wildman–Crippen MR) is 94.2 cm³/mol. The quantitative estimate of drug-likeness (QED) is 0.754. The van der Waals surface area contributed by atoms with Crippen molar-refractivity contribution in [2.24, 2.45) is 0 Å². The summed E-state index contributed by atoms with van der Waals surface area (Å²) in [7, 11) is -1.73. The van der Waals surface area contributed by atoms with Crippen molar-refractivity contribution in [3.8, 4) is 0 Å². The Balaban J connectivity index is 2.05. The van der Waals surface area contributed by atoms with Gasteiger partial charge in [0.15, 0.2) is 8.32 Å². The van der Waals surface area contributed by atoms with Crippen molar-refractivity contribution in [1.29, 1.82) is 0 Å². The molecule has 118 valence electrons. The van der Waals surface area contributed by atoms with Crippen molar-refractivity contribution < 1.29 is 9.53 Å². The zero-order chi connectivity index (χ0) is 15.0. The Bertz CT molecular complexity index is 335. The summed E-state index contributed by atoms with van der Waals surface area (Å²) in [6.45, 7) is 11.5. The van der Waals surface area contributed by atoms with E-state index >= 15 is 0 Å². The Morgan fingerprint density at radius 2 is 1.75 bits per heavy atom. The van der Waals surface area contributed by atoms with Gasteiger partial charge in [0.05, 0.1) is 10.2 Å². The molecule has 1 heterocycles. The van der Waals surface area contributed by atoms with Crippen LogP contribution < -0.4 is 0 Å². The van der Waals surface area contributed by atoms with E-state index in [1.165, 1.54) is 17.9 Å². The first-order chi connectivity index (χ1) is 9.14. The molecule has 1 saturated heterocycles. The average Bonchev–Trinajstić information content (AvgIpc) is 2.26. The minimum Gasteiger partial charge on any atom is -0.414 e. The van der Waals surface area contributed by atoms with Crippen LogP contribution in [0.5, 0.6) is 0 Å². The molecule has 2 fully saturated rings. The molecule has 2 nitrogen and oxygen atoms in total. The van der Waals surface area contributed by atoms with Gasteiger partial charge in [0.25, 0.3) is 0 Å². The van der Waals surface area contributed by atoms with E-state index in [-0.39, 0.29) is 21.3 Å². The van der Waals surface area contributed by atoms with E-state index in [1.54, 1.807) is 0 Å². The number of hydrogen-bond acceptors (Lipinski definition) is 4. The third kappa shape index (κ3) is 3.97. The molecule has 0 aromatic rings. The summed E-state index contributed by atoms with van der Waals surface area (Å²) < 4.78 is 6.82. The molecule has 0 amide bonds. The van der Waals surface area contributed by atoms with Crippen LogP contribution in [0.1, 0.15) is 46.5 Å². The molecule has 2 atom stereocenters. The van der Waals surface area contributed by atoms with E-state index in [4.69, 9.17) is 4.43 Å². The molecule has 0 aromatic carbocycles. The third-order valence-electron chi connectivity index (χ3n) is 4.91. The summed E-state index contributed by atoms with van der Waals surface area (Å²) in [5.41, 5.74) is 0. The first-order valence-corrected chi connectivity index (χ1v) is 12.7. The maximum atomic E-state index is 10.3. The second-order valence-electron chi connectivity index (χ2n) is 7.76. The lowest BCUT2D eigenvalue weighted by Crippen LogP contribution is -2.49. The van der Waals surface area contributed by atoms with E-state index in [0.29, 0.717) is 0 Å². The Labute approximate surface area is 133 Å². The molecule has 0 radical (unpaired) electrons. The van der Waals surface area contributed by atoms with E-state index in [0.717, 1.165) is 19.3 Å². The molecule has 5 heteroatoms. The second kappa shape index (κ2) is 6.15. The van der Waals surface area contributed by atoms with Gasteiger partial charge in [-0.3, -0.25) is 0 Å². The third-order valence-corrected chi connectivity index (χ3v) is 12.9. The van der Waals surface area contributed by atoms with Crippen LogP contribution in [0.4, 0.5) is 0 Å². The molecule has 1 aliphatic carbocycles. The maximum absolute atomic E-state index is 10.3. The van der Waals surface area contributed by atoms with Gasteiger partial charge >= 0.3 is 0 Å². The van der Waals surface area contributed by atoms with Crippen LogP contribution in [0.25, 0.3) is 0 Å². The fourth-order valence-corrected chi connectivity index (χ4v) is 7.73. The van der Waals surface area contributed by atoms with Crippen LogP contribution in [-0.4, -0.2) is 41.2 Å². The van der Waals surface area contributed by atoms with Crippen molar-refractivity contribution in [3.63, 3.8) is 0 Å². The summed E-state index contributed by atoms with van der Waals surface area (Å²) in [5.74, 6) is 2.49. The zero-order valence-corrected chi connectivity index (χ0v) is 16.2. The Hall–Kier alpha value is 0.837. The largest absolute Gasteiger partial charge is 0.414 e. The van der Waals surface area contributed by atoms with E-state index < -0.39 is 8.32 Å². The molecule has 1 saturated carbocycles. The van der Waals surface area contributed by atoms with Gasteiger partial charge in [-0.25, -0.2) is 0 Å². The summed E-state index contributed by atoms with van der Waals surface area (Å²) >= 11 is 4.13. The summed E-state index contributed by atoms with van der Waals surface area (Å²) in [5, 5.41) is 10.6. The molecular formula is C15H30O2S2Si. The molecule has 20 heavy (non-hydrogen) atoms. The zero-order valence-electron chi connectivity index (χ0n) is 13.6. The van der Waals surface area contributed by atoms with Gasteiger partial charge in [0.2, 0.25) is 0 Å². The number of rotatable bonds is 2. The van der Waals surface area contributed by atoms with Crippen molar-refractivity contribution in [1.82, 2.24) is 0 Å². The van der Waals surface area contributed by atoms with Gasteiger partial charge in [-0.15, -0.1) is 23.5 Å². The van der Waals surface area contributed by atoms with Crippen LogP contribution in [0, 0.1) is 0 Å². The Kier molecular flexibility index (Phi) is 5.29. The lowest BCUT2D eigenvalue weighted by molar-refractivity contribution is 0.0446. The molecule has 1 aliphatic heterocycles. The average molecular weight is 335 g/mol. The first kappa shape index (κ1) is 17.2. The predicted octanol–water partition coefficient (Wildman–Crippen LogP) is 4.49. The Morgan fingerprint density at radius 3 is 2.30 bits per heavy atom. The lowest BCUT2D eigenvalue weighted by atomic mass is 9.94. The fraction of sp³-hybridized carbons (Fsp3) is 1.00. The van der Waals surface area contributed by atoms with Crippen molar-refractivity contribution in [2.75, 3.05) is 11.5 Å². The van der Waals surface area contributed by atoms with E-state index in [9.17, 15) is 5.11 Å². The normalized spacial score (nSPS) is 31.5. The molecule has 0 bridgehead atoms. The highest BCUT2D eigenvalue weighted by atomic mass is 32.2. The van der Waals surface area contributed by atoms with Crippen molar-refractivity contribution in [3.05, 3.63) is 0 Å². The minimum atomic E-state index is -1.73. The summed E-state index contributed by atoms with van der Waals surface area (Å²) in [6.07, 6.45) is 4.26. The van der Waals surface area contributed by atoms with Crippen molar-refractivity contribution >= 4 is 31.8 Å². The summed E-state index contributed by atoms with van der Waals surface area (Å²) in [4.78, 5) is 0. The SMILES string of the molecule is CC(C)(C)[Si](C)(C)O[C@@H]1C[C@@H](O)CC2(C1)SCCCS2. The van der Waals surface area contributed by atoms with Crippen LogP contribution in [-0.2, 0) is 4.43 Å². The molecule has 2 aliphatic rings. The van der Waals surface area contributed by atoms with Crippen molar-refractivity contribution in [2.45, 2.75) is 80.9 Å². The van der Waals surface area contributed by atoms with Gasteiger partial charge in [-0.2, -0.15) is 0 Å².